The topological polar surface area (TPSA) is 77.7 Å². The van der Waals surface area contributed by atoms with Crippen molar-refractivity contribution in [1.82, 2.24) is 4.98 Å². The summed E-state index contributed by atoms with van der Waals surface area (Å²) in [6.07, 6.45) is -4.57. The summed E-state index contributed by atoms with van der Waals surface area (Å²) in [5.41, 5.74) is 5.19. The van der Waals surface area contributed by atoms with Crippen LogP contribution in [0.4, 0.5) is 23.8 Å². The number of piperidine rings is 1. The summed E-state index contributed by atoms with van der Waals surface area (Å²) in [4.78, 5) is 17.7. The van der Waals surface area contributed by atoms with E-state index in [2.05, 4.69) is 4.98 Å². The number of hydrogen-bond donors (Lipinski definition) is 1. The van der Waals surface area contributed by atoms with E-state index >= 15 is 0 Å². The molecule has 1 aliphatic heterocycles. The van der Waals surface area contributed by atoms with Crippen molar-refractivity contribution < 1.29 is 27.4 Å². The fraction of sp³-hybridized carbons (Fsp3) is 0.429. The molecule has 6 nitrogen and oxygen atoms in total. The van der Waals surface area contributed by atoms with Crippen molar-refractivity contribution in [1.29, 1.82) is 0 Å². The summed E-state index contributed by atoms with van der Waals surface area (Å²) < 4.78 is 50.1. The lowest BCUT2D eigenvalue weighted by molar-refractivity contribution is -0.141. The van der Waals surface area contributed by atoms with Gasteiger partial charge in [-0.3, -0.25) is 0 Å². The number of carbonyl (C=O) groups excluding carboxylic acids is 1. The zero-order valence-corrected chi connectivity index (χ0v) is 16.6. The minimum absolute atomic E-state index is 0.0696. The molecule has 0 amide bonds. The van der Waals surface area contributed by atoms with Crippen LogP contribution in [-0.2, 0) is 27.8 Å². The Morgan fingerprint density at radius 2 is 1.83 bits per heavy atom. The van der Waals surface area contributed by atoms with Crippen LogP contribution in [0.3, 0.4) is 0 Å². The Morgan fingerprint density at radius 3 is 2.40 bits per heavy atom. The number of alkyl halides is 3. The normalized spacial score (nSPS) is 16.2. The fourth-order valence-electron chi connectivity index (χ4n) is 3.65. The van der Waals surface area contributed by atoms with Gasteiger partial charge in [-0.15, -0.1) is 0 Å². The van der Waals surface area contributed by atoms with Crippen molar-refractivity contribution in [3.63, 3.8) is 0 Å². The molecule has 162 valence electrons. The van der Waals surface area contributed by atoms with Gasteiger partial charge in [-0.25, -0.2) is 9.78 Å². The smallest absolute Gasteiger partial charge is 0.435 e. The van der Waals surface area contributed by atoms with E-state index in [9.17, 15) is 18.0 Å². The van der Waals surface area contributed by atoms with Crippen molar-refractivity contribution in [2.75, 3.05) is 24.6 Å². The third-order valence-corrected chi connectivity index (χ3v) is 5.18. The molecule has 2 heterocycles. The van der Waals surface area contributed by atoms with Gasteiger partial charge in [-0.1, -0.05) is 36.4 Å². The second-order valence-electron chi connectivity index (χ2n) is 7.01. The third-order valence-electron chi connectivity index (χ3n) is 5.18. The molecular weight excluding hydrogens is 399 g/mol. The number of carbonyl (C=O) groups is 1. The first-order valence-electron chi connectivity index (χ1n) is 9.72. The predicted molar refractivity (Wildman–Crippen MR) is 105 cm³/mol. The van der Waals surface area contributed by atoms with E-state index in [1.54, 1.807) is 11.8 Å². The van der Waals surface area contributed by atoms with Crippen LogP contribution in [-0.4, -0.2) is 30.8 Å². The van der Waals surface area contributed by atoms with Crippen LogP contribution in [0.2, 0.25) is 0 Å². The molecule has 1 aromatic heterocycles. The van der Waals surface area contributed by atoms with Crippen LogP contribution in [0.5, 0.6) is 0 Å². The van der Waals surface area contributed by atoms with Crippen molar-refractivity contribution in [2.45, 2.75) is 38.1 Å². The average molecular weight is 423 g/mol. The number of pyridine rings is 1. The Morgan fingerprint density at radius 1 is 1.17 bits per heavy atom. The van der Waals surface area contributed by atoms with Gasteiger partial charge < -0.3 is 20.1 Å². The number of rotatable bonds is 5. The van der Waals surface area contributed by atoms with E-state index in [0.717, 1.165) is 11.6 Å². The van der Waals surface area contributed by atoms with Crippen LogP contribution in [0.1, 0.15) is 36.6 Å². The third kappa shape index (κ3) is 4.67. The molecule has 1 saturated heterocycles. The van der Waals surface area contributed by atoms with Crippen LogP contribution in [0.25, 0.3) is 0 Å². The Bertz CT molecular complexity index is 867. The predicted octanol–water partition coefficient (Wildman–Crippen LogP) is 4.23. The van der Waals surface area contributed by atoms with E-state index in [0.29, 0.717) is 31.5 Å². The summed E-state index contributed by atoms with van der Waals surface area (Å²) in [5.74, 6) is 0.213. The number of hydrogen-bond acceptors (Lipinski definition) is 6. The molecule has 1 aromatic carbocycles. The van der Waals surface area contributed by atoms with Gasteiger partial charge in [0.05, 0.1) is 6.61 Å². The maximum absolute atomic E-state index is 13.1. The van der Waals surface area contributed by atoms with Gasteiger partial charge in [0.1, 0.15) is 17.1 Å². The van der Waals surface area contributed by atoms with Crippen LogP contribution in [0.15, 0.2) is 42.5 Å². The SMILES string of the molecule is CCOC(=O)OC1(c2ccccc2)CCN(c2nc(C(F)(F)F)ccc2CN)CC1. The van der Waals surface area contributed by atoms with Crippen molar-refractivity contribution in [3.8, 4) is 0 Å². The van der Waals surface area contributed by atoms with E-state index in [1.165, 1.54) is 6.07 Å². The molecular formula is C21H24F3N3O3. The van der Waals surface area contributed by atoms with Crippen LogP contribution >= 0.6 is 0 Å². The molecule has 9 heteroatoms. The number of ether oxygens (including phenoxy) is 2. The summed E-state index contributed by atoms with van der Waals surface area (Å²) in [7, 11) is 0. The zero-order chi connectivity index (χ0) is 21.8. The summed E-state index contributed by atoms with van der Waals surface area (Å²) in [6.45, 7) is 2.63. The lowest BCUT2D eigenvalue weighted by Gasteiger charge is -2.42. The largest absolute Gasteiger partial charge is 0.509 e. The summed E-state index contributed by atoms with van der Waals surface area (Å²) in [6, 6.07) is 11.6. The lowest BCUT2D eigenvalue weighted by atomic mass is 9.84. The maximum atomic E-state index is 13.1. The highest BCUT2D eigenvalue weighted by Gasteiger charge is 2.41. The molecule has 0 saturated carbocycles. The molecule has 2 aromatic rings. The second kappa shape index (κ2) is 8.91. The van der Waals surface area contributed by atoms with Crippen molar-refractivity contribution in [2.24, 2.45) is 5.73 Å². The monoisotopic (exact) mass is 423 g/mol. The van der Waals surface area contributed by atoms with Gasteiger partial charge in [0.25, 0.3) is 0 Å². The fourth-order valence-corrected chi connectivity index (χ4v) is 3.65. The van der Waals surface area contributed by atoms with Gasteiger partial charge in [-0.2, -0.15) is 13.2 Å². The molecule has 2 N–H and O–H groups in total. The first-order valence-corrected chi connectivity index (χ1v) is 9.72. The number of halogens is 3. The Hall–Kier alpha value is -2.81. The number of nitrogens with two attached hydrogens (primary N) is 1. The number of benzene rings is 1. The van der Waals surface area contributed by atoms with Crippen LogP contribution in [0, 0.1) is 0 Å². The van der Waals surface area contributed by atoms with E-state index in [-0.39, 0.29) is 19.0 Å². The van der Waals surface area contributed by atoms with Gasteiger partial charge >= 0.3 is 12.3 Å². The molecule has 0 spiro atoms. The molecule has 1 fully saturated rings. The first-order chi connectivity index (χ1) is 14.3. The molecule has 0 bridgehead atoms. The second-order valence-corrected chi connectivity index (χ2v) is 7.01. The van der Waals surface area contributed by atoms with E-state index in [4.69, 9.17) is 15.2 Å². The van der Waals surface area contributed by atoms with Gasteiger partial charge in [0, 0.05) is 38.0 Å². The minimum atomic E-state index is -4.54. The van der Waals surface area contributed by atoms with Gasteiger partial charge in [0.15, 0.2) is 0 Å². The maximum Gasteiger partial charge on any atom is 0.509 e. The number of nitrogens with zero attached hydrogens (tertiary/aromatic N) is 2. The van der Waals surface area contributed by atoms with E-state index in [1.807, 2.05) is 30.3 Å². The molecule has 3 rings (SSSR count). The summed E-state index contributed by atoms with van der Waals surface area (Å²) in [5, 5.41) is 0. The Kier molecular flexibility index (Phi) is 6.50. The highest BCUT2D eigenvalue weighted by atomic mass is 19.4. The summed E-state index contributed by atoms with van der Waals surface area (Å²) >= 11 is 0. The quantitative estimate of drug-likeness (QED) is 0.726. The molecule has 1 aliphatic rings. The zero-order valence-electron chi connectivity index (χ0n) is 16.6. The molecule has 0 radical (unpaired) electrons. The number of anilines is 1. The highest BCUT2D eigenvalue weighted by molar-refractivity contribution is 5.61. The molecule has 0 unspecified atom stereocenters. The van der Waals surface area contributed by atoms with Crippen molar-refractivity contribution >= 4 is 12.0 Å². The van der Waals surface area contributed by atoms with Gasteiger partial charge in [0.2, 0.25) is 0 Å². The first kappa shape index (κ1) is 21.9. The standard InChI is InChI=1S/C21H24F3N3O3/c1-2-29-19(28)30-20(16-6-4-3-5-7-16)10-12-27(13-11-20)18-15(14-25)8-9-17(26-18)21(22,23)24/h3-9H,2,10-14,25H2,1H3. The average Bonchev–Trinajstić information content (AvgIpc) is 2.74. The van der Waals surface area contributed by atoms with Gasteiger partial charge in [-0.05, 0) is 18.6 Å². The molecule has 0 atom stereocenters. The highest BCUT2D eigenvalue weighted by Crippen LogP contribution is 2.39. The van der Waals surface area contributed by atoms with E-state index < -0.39 is 23.6 Å². The molecule has 30 heavy (non-hydrogen) atoms. The lowest BCUT2D eigenvalue weighted by Crippen LogP contribution is -2.46. The van der Waals surface area contributed by atoms with Crippen LogP contribution < -0.4 is 10.6 Å². The minimum Gasteiger partial charge on any atom is -0.435 e. The Balaban J connectivity index is 1.87. The Labute approximate surface area is 172 Å². The van der Waals surface area contributed by atoms with Crippen molar-refractivity contribution in [3.05, 3.63) is 59.3 Å². The number of aromatic nitrogens is 1. The molecule has 0 aliphatic carbocycles.